The Morgan fingerprint density at radius 1 is 1.19 bits per heavy atom. The number of hydrogen-bond donors (Lipinski definition) is 0. The molecule has 1 aromatic heterocycles. The summed E-state index contributed by atoms with van der Waals surface area (Å²) in [4.78, 5) is 7.05. The van der Waals surface area contributed by atoms with E-state index in [0.717, 1.165) is 49.5 Å². The molecule has 0 saturated carbocycles. The van der Waals surface area contributed by atoms with Crippen LogP contribution >= 0.6 is 0 Å². The van der Waals surface area contributed by atoms with Gasteiger partial charge in [-0.15, -0.1) is 0 Å². The van der Waals surface area contributed by atoms with Gasteiger partial charge in [0.15, 0.2) is 11.5 Å². The average molecular weight is 347 g/mol. The number of likely N-dealkylation sites (tertiary alicyclic amines) is 1. The summed E-state index contributed by atoms with van der Waals surface area (Å²) < 4.78 is 11.8. The maximum atomic E-state index is 9.13. The summed E-state index contributed by atoms with van der Waals surface area (Å²) >= 11 is 0. The van der Waals surface area contributed by atoms with E-state index in [1.807, 2.05) is 42.5 Å². The number of rotatable bonds is 5. The second-order valence-corrected chi connectivity index (χ2v) is 6.62. The number of aromatic nitrogens is 1. The smallest absolute Gasteiger partial charge is 0.199 e. The fourth-order valence-corrected chi connectivity index (χ4v) is 3.49. The molecule has 1 saturated heterocycles. The number of fused-ring (bicyclic) bond motifs is 1. The van der Waals surface area contributed by atoms with Crippen LogP contribution in [0.4, 0.5) is 0 Å². The third-order valence-corrected chi connectivity index (χ3v) is 4.84. The van der Waals surface area contributed by atoms with Crippen molar-refractivity contribution in [3.05, 3.63) is 60.0 Å². The molecule has 0 spiro atoms. The van der Waals surface area contributed by atoms with Crippen molar-refractivity contribution in [2.45, 2.75) is 18.8 Å². The second-order valence-electron chi connectivity index (χ2n) is 6.62. The van der Waals surface area contributed by atoms with Gasteiger partial charge in [0, 0.05) is 19.0 Å². The Morgan fingerprint density at radius 3 is 2.92 bits per heavy atom. The topological polar surface area (TPSA) is 62.3 Å². The highest BCUT2D eigenvalue weighted by Gasteiger charge is 2.25. The van der Waals surface area contributed by atoms with E-state index in [4.69, 9.17) is 14.4 Å². The zero-order valence-corrected chi connectivity index (χ0v) is 14.6. The van der Waals surface area contributed by atoms with Gasteiger partial charge in [-0.05, 0) is 43.7 Å². The van der Waals surface area contributed by atoms with Crippen molar-refractivity contribution >= 4 is 11.1 Å². The molecule has 0 N–H and O–H groups in total. The van der Waals surface area contributed by atoms with Gasteiger partial charge in [0.05, 0.1) is 5.56 Å². The summed E-state index contributed by atoms with van der Waals surface area (Å²) in [6, 6.07) is 17.4. The predicted molar refractivity (Wildman–Crippen MR) is 99.1 cm³/mol. The third-order valence-electron chi connectivity index (χ3n) is 4.84. The number of nitrogens with zero attached hydrogens (tertiary/aromatic N) is 3. The van der Waals surface area contributed by atoms with Gasteiger partial charge >= 0.3 is 0 Å². The van der Waals surface area contributed by atoms with E-state index in [1.165, 1.54) is 0 Å². The molecule has 0 amide bonds. The summed E-state index contributed by atoms with van der Waals surface area (Å²) in [7, 11) is 0. The highest BCUT2D eigenvalue weighted by Crippen LogP contribution is 2.28. The Bertz CT molecular complexity index is 895. The van der Waals surface area contributed by atoms with Gasteiger partial charge in [-0.25, -0.2) is 4.98 Å². The first-order chi connectivity index (χ1) is 12.8. The number of nitriles is 1. The fraction of sp³-hybridized carbons (Fsp3) is 0.333. The lowest BCUT2D eigenvalue weighted by Gasteiger charge is -2.31. The first kappa shape index (κ1) is 16.6. The van der Waals surface area contributed by atoms with Gasteiger partial charge in [0.1, 0.15) is 23.9 Å². The number of benzene rings is 2. The van der Waals surface area contributed by atoms with Crippen LogP contribution in [0.1, 0.15) is 30.2 Å². The number of para-hydroxylation sites is 3. The van der Waals surface area contributed by atoms with Gasteiger partial charge < -0.3 is 9.15 Å². The Kier molecular flexibility index (Phi) is 4.85. The maximum absolute atomic E-state index is 9.13. The molecule has 3 aromatic rings. The lowest BCUT2D eigenvalue weighted by molar-refractivity contribution is 0.162. The normalized spacial score (nSPS) is 17.9. The molecule has 1 fully saturated rings. The molecule has 0 aliphatic carbocycles. The van der Waals surface area contributed by atoms with Crippen molar-refractivity contribution in [1.29, 1.82) is 5.26 Å². The molecule has 0 radical (unpaired) electrons. The van der Waals surface area contributed by atoms with Gasteiger partial charge in [0.2, 0.25) is 0 Å². The molecular formula is C21H21N3O2. The van der Waals surface area contributed by atoms with Gasteiger partial charge in [-0.2, -0.15) is 5.26 Å². The van der Waals surface area contributed by atoms with Gasteiger partial charge in [0.25, 0.3) is 0 Å². The highest BCUT2D eigenvalue weighted by atomic mass is 16.5. The summed E-state index contributed by atoms with van der Waals surface area (Å²) in [6.07, 6.45) is 2.22. The van der Waals surface area contributed by atoms with Crippen LogP contribution in [-0.4, -0.2) is 36.1 Å². The molecule has 4 rings (SSSR count). The number of oxazole rings is 1. The van der Waals surface area contributed by atoms with Crippen LogP contribution in [0.25, 0.3) is 11.1 Å². The molecule has 132 valence electrons. The Balaban J connectivity index is 1.36. The highest BCUT2D eigenvalue weighted by molar-refractivity contribution is 5.72. The van der Waals surface area contributed by atoms with Crippen molar-refractivity contribution < 1.29 is 9.15 Å². The first-order valence-corrected chi connectivity index (χ1v) is 9.03. The van der Waals surface area contributed by atoms with Crippen molar-refractivity contribution in [3.8, 4) is 11.8 Å². The molecule has 0 bridgehead atoms. The molecule has 2 aromatic carbocycles. The SMILES string of the molecule is N#Cc1ccccc1OCCN1CCCC(c2nc3ccccc3o2)C1. The zero-order chi connectivity index (χ0) is 17.8. The Hall–Kier alpha value is -2.84. The molecule has 5 nitrogen and oxygen atoms in total. The predicted octanol–water partition coefficient (Wildman–Crippen LogP) is 3.96. The third kappa shape index (κ3) is 3.56. The Labute approximate surface area is 152 Å². The largest absolute Gasteiger partial charge is 0.491 e. The molecule has 1 aliphatic heterocycles. The molecular weight excluding hydrogens is 326 g/mol. The molecule has 1 unspecified atom stereocenters. The fourth-order valence-electron chi connectivity index (χ4n) is 3.49. The van der Waals surface area contributed by atoms with Crippen LogP contribution in [0.15, 0.2) is 52.9 Å². The van der Waals surface area contributed by atoms with E-state index in [-0.39, 0.29) is 0 Å². The number of hydrogen-bond acceptors (Lipinski definition) is 5. The monoisotopic (exact) mass is 347 g/mol. The average Bonchev–Trinajstić information content (AvgIpc) is 3.13. The van der Waals surface area contributed by atoms with E-state index in [2.05, 4.69) is 16.0 Å². The second kappa shape index (κ2) is 7.59. The summed E-state index contributed by atoms with van der Waals surface area (Å²) in [5.74, 6) is 1.82. The first-order valence-electron chi connectivity index (χ1n) is 9.03. The van der Waals surface area contributed by atoms with Crippen molar-refractivity contribution in [2.75, 3.05) is 26.2 Å². The van der Waals surface area contributed by atoms with Crippen LogP contribution in [-0.2, 0) is 0 Å². The molecule has 1 aliphatic rings. The summed E-state index contributed by atoms with van der Waals surface area (Å²) in [6.45, 7) is 3.38. The van der Waals surface area contributed by atoms with Crippen LogP contribution in [0.2, 0.25) is 0 Å². The van der Waals surface area contributed by atoms with Gasteiger partial charge in [-0.3, -0.25) is 4.90 Å². The minimum atomic E-state index is 0.322. The lowest BCUT2D eigenvalue weighted by Crippen LogP contribution is -2.37. The van der Waals surface area contributed by atoms with Crippen molar-refractivity contribution in [1.82, 2.24) is 9.88 Å². The molecule has 1 atom stereocenters. The van der Waals surface area contributed by atoms with Crippen molar-refractivity contribution in [2.24, 2.45) is 0 Å². The summed E-state index contributed by atoms with van der Waals surface area (Å²) in [5.41, 5.74) is 2.36. The molecule has 2 heterocycles. The van der Waals surface area contributed by atoms with E-state index >= 15 is 0 Å². The number of ether oxygens (including phenoxy) is 1. The van der Waals surface area contributed by atoms with Crippen LogP contribution < -0.4 is 4.74 Å². The van der Waals surface area contributed by atoms with E-state index in [1.54, 1.807) is 6.07 Å². The van der Waals surface area contributed by atoms with Crippen LogP contribution in [0.3, 0.4) is 0 Å². The Morgan fingerprint density at radius 2 is 2.04 bits per heavy atom. The van der Waals surface area contributed by atoms with E-state index in [0.29, 0.717) is 23.8 Å². The van der Waals surface area contributed by atoms with Crippen LogP contribution in [0, 0.1) is 11.3 Å². The minimum Gasteiger partial charge on any atom is -0.491 e. The number of piperidine rings is 1. The van der Waals surface area contributed by atoms with Gasteiger partial charge in [-0.1, -0.05) is 24.3 Å². The zero-order valence-electron chi connectivity index (χ0n) is 14.6. The van der Waals surface area contributed by atoms with E-state index in [9.17, 15) is 0 Å². The maximum Gasteiger partial charge on any atom is 0.199 e. The molecule has 26 heavy (non-hydrogen) atoms. The summed E-state index contributed by atoms with van der Waals surface area (Å²) in [5, 5.41) is 9.13. The lowest BCUT2D eigenvalue weighted by atomic mass is 9.98. The van der Waals surface area contributed by atoms with Crippen LogP contribution in [0.5, 0.6) is 5.75 Å². The standard InChI is InChI=1S/C21H21N3O2/c22-14-16-6-1-3-9-19(16)25-13-12-24-11-5-7-17(15-24)21-23-18-8-2-4-10-20(18)26-21/h1-4,6,8-10,17H,5,7,11-13,15H2. The minimum absolute atomic E-state index is 0.322. The molecule has 5 heteroatoms. The quantitative estimate of drug-likeness (QED) is 0.699. The van der Waals surface area contributed by atoms with E-state index < -0.39 is 0 Å². The van der Waals surface area contributed by atoms with Crippen molar-refractivity contribution in [3.63, 3.8) is 0 Å².